The van der Waals surface area contributed by atoms with Crippen LogP contribution in [0.15, 0.2) is 24.8 Å². The zero-order valence-corrected chi connectivity index (χ0v) is 10.8. The molecule has 1 aromatic rings. The van der Waals surface area contributed by atoms with Crippen LogP contribution in [0.5, 0.6) is 5.75 Å². The highest BCUT2D eigenvalue weighted by Crippen LogP contribution is 2.34. The first kappa shape index (κ1) is 13.3. The molecule has 0 saturated carbocycles. The van der Waals surface area contributed by atoms with Crippen LogP contribution in [0, 0.1) is 5.82 Å². The molecule has 1 heterocycles. The van der Waals surface area contributed by atoms with E-state index in [0.29, 0.717) is 5.56 Å². The molecule has 0 bridgehead atoms. The van der Waals surface area contributed by atoms with Gasteiger partial charge < -0.3 is 10.4 Å². The molecule has 98 valence electrons. The van der Waals surface area contributed by atoms with Gasteiger partial charge in [0, 0.05) is 36.8 Å². The van der Waals surface area contributed by atoms with Gasteiger partial charge in [0.2, 0.25) is 0 Å². The van der Waals surface area contributed by atoms with E-state index in [9.17, 15) is 9.50 Å². The lowest BCUT2D eigenvalue weighted by Gasteiger charge is -2.33. The Balaban J connectivity index is 2.34. The molecule has 0 amide bonds. The van der Waals surface area contributed by atoms with Crippen molar-refractivity contribution in [2.24, 2.45) is 0 Å². The maximum atomic E-state index is 13.5. The molecule has 1 saturated heterocycles. The highest BCUT2D eigenvalue weighted by molar-refractivity contribution is 6.30. The van der Waals surface area contributed by atoms with E-state index in [0.717, 1.165) is 32.2 Å². The molecule has 1 aliphatic heterocycles. The number of hydrogen-bond acceptors (Lipinski definition) is 3. The molecule has 0 radical (unpaired) electrons. The monoisotopic (exact) mass is 270 g/mol. The summed E-state index contributed by atoms with van der Waals surface area (Å²) in [7, 11) is 0. The second-order valence-corrected chi connectivity index (χ2v) is 4.73. The number of phenolic OH excluding ortho intramolecular Hbond substituents is 1. The summed E-state index contributed by atoms with van der Waals surface area (Å²) in [6, 6.07) is 2.48. The van der Waals surface area contributed by atoms with Crippen molar-refractivity contribution < 1.29 is 9.50 Å². The second kappa shape index (κ2) is 5.69. The molecule has 1 atom stereocenters. The largest absolute Gasteiger partial charge is 0.505 e. The van der Waals surface area contributed by atoms with Gasteiger partial charge in [0.15, 0.2) is 11.6 Å². The number of hydrogen-bond donors (Lipinski definition) is 2. The molecule has 5 heteroatoms. The Morgan fingerprint density at radius 2 is 2.11 bits per heavy atom. The van der Waals surface area contributed by atoms with Gasteiger partial charge >= 0.3 is 0 Å². The third-order valence-electron chi connectivity index (χ3n) is 3.14. The lowest BCUT2D eigenvalue weighted by molar-refractivity contribution is 0.200. The summed E-state index contributed by atoms with van der Waals surface area (Å²) >= 11 is 5.85. The van der Waals surface area contributed by atoms with Crippen molar-refractivity contribution in [1.82, 2.24) is 10.2 Å². The number of nitrogens with one attached hydrogen (secondary N) is 1. The summed E-state index contributed by atoms with van der Waals surface area (Å²) in [5, 5.41) is 13.4. The van der Waals surface area contributed by atoms with Crippen molar-refractivity contribution in [3.05, 3.63) is 41.2 Å². The van der Waals surface area contributed by atoms with Crippen molar-refractivity contribution in [2.75, 3.05) is 26.2 Å². The van der Waals surface area contributed by atoms with Crippen LogP contribution in [-0.4, -0.2) is 36.2 Å². The van der Waals surface area contributed by atoms with Crippen molar-refractivity contribution in [3.8, 4) is 5.75 Å². The molecule has 2 N–H and O–H groups in total. The van der Waals surface area contributed by atoms with Crippen LogP contribution in [0.1, 0.15) is 11.6 Å². The topological polar surface area (TPSA) is 35.5 Å². The lowest BCUT2D eigenvalue weighted by Crippen LogP contribution is -2.44. The summed E-state index contributed by atoms with van der Waals surface area (Å²) in [5.41, 5.74) is 0.469. The summed E-state index contributed by atoms with van der Waals surface area (Å²) in [6.45, 7) is 7.16. The molecule has 1 fully saturated rings. The molecule has 0 aliphatic carbocycles. The van der Waals surface area contributed by atoms with Crippen molar-refractivity contribution in [3.63, 3.8) is 0 Å². The van der Waals surface area contributed by atoms with E-state index < -0.39 is 5.82 Å². The van der Waals surface area contributed by atoms with E-state index in [1.54, 1.807) is 12.1 Å². The van der Waals surface area contributed by atoms with Gasteiger partial charge in [0.25, 0.3) is 0 Å². The van der Waals surface area contributed by atoms with Gasteiger partial charge in [-0.3, -0.25) is 4.90 Å². The Labute approximate surface area is 111 Å². The predicted octanol–water partition coefficient (Wildman–Crippen LogP) is 2.32. The van der Waals surface area contributed by atoms with Gasteiger partial charge in [-0.25, -0.2) is 4.39 Å². The van der Waals surface area contributed by atoms with Crippen LogP contribution in [0.25, 0.3) is 0 Å². The lowest BCUT2D eigenvalue weighted by atomic mass is 10.0. The molecule has 1 aromatic carbocycles. The van der Waals surface area contributed by atoms with Crippen LogP contribution < -0.4 is 5.32 Å². The second-order valence-electron chi connectivity index (χ2n) is 4.29. The summed E-state index contributed by atoms with van der Waals surface area (Å²) in [6.07, 6.45) is 1.70. The first-order chi connectivity index (χ1) is 8.63. The van der Waals surface area contributed by atoms with Crippen LogP contribution in [-0.2, 0) is 0 Å². The van der Waals surface area contributed by atoms with Crippen molar-refractivity contribution >= 4 is 11.6 Å². The third kappa shape index (κ3) is 2.66. The molecule has 0 spiro atoms. The van der Waals surface area contributed by atoms with Gasteiger partial charge in [-0.15, -0.1) is 6.58 Å². The first-order valence-corrected chi connectivity index (χ1v) is 6.26. The smallest absolute Gasteiger partial charge is 0.166 e. The minimum atomic E-state index is -0.695. The summed E-state index contributed by atoms with van der Waals surface area (Å²) in [5.74, 6) is -1.04. The van der Waals surface area contributed by atoms with E-state index in [-0.39, 0.29) is 16.8 Å². The number of phenols is 1. The van der Waals surface area contributed by atoms with E-state index >= 15 is 0 Å². The minimum Gasteiger partial charge on any atom is -0.505 e. The number of rotatable bonds is 3. The Hall–Kier alpha value is -1.10. The van der Waals surface area contributed by atoms with Crippen molar-refractivity contribution in [1.29, 1.82) is 0 Å². The van der Waals surface area contributed by atoms with Gasteiger partial charge in [-0.1, -0.05) is 17.7 Å². The number of halogens is 2. The van der Waals surface area contributed by atoms with Crippen LogP contribution in [0.3, 0.4) is 0 Å². The average molecular weight is 271 g/mol. The quantitative estimate of drug-likeness (QED) is 0.828. The zero-order chi connectivity index (χ0) is 13.1. The number of aromatic hydroxyl groups is 1. The molecule has 0 unspecified atom stereocenters. The van der Waals surface area contributed by atoms with E-state index in [1.165, 1.54) is 0 Å². The van der Waals surface area contributed by atoms with Gasteiger partial charge in [-0.2, -0.15) is 0 Å². The van der Waals surface area contributed by atoms with Gasteiger partial charge in [0.05, 0.1) is 6.04 Å². The SMILES string of the molecule is C=C[C@H](c1cc(Cl)cc(F)c1O)N1CCNCC1. The Kier molecular flexibility index (Phi) is 4.22. The molecule has 2 rings (SSSR count). The standard InChI is InChI=1S/C13H16ClFN2O/c1-2-12(17-5-3-16-4-6-17)10-7-9(14)8-11(15)13(10)18/h2,7-8,12,16,18H,1,3-6H2/t12-/m1/s1. The molecule has 0 aromatic heterocycles. The van der Waals surface area contributed by atoms with Crippen LogP contribution in [0.2, 0.25) is 5.02 Å². The van der Waals surface area contributed by atoms with Crippen molar-refractivity contribution in [2.45, 2.75) is 6.04 Å². The molecule has 1 aliphatic rings. The first-order valence-electron chi connectivity index (χ1n) is 5.88. The highest BCUT2D eigenvalue weighted by atomic mass is 35.5. The highest BCUT2D eigenvalue weighted by Gasteiger charge is 2.23. The van der Waals surface area contributed by atoms with Gasteiger partial charge in [0.1, 0.15) is 0 Å². The summed E-state index contributed by atoms with van der Waals surface area (Å²) in [4.78, 5) is 2.13. The van der Waals surface area contributed by atoms with Crippen LogP contribution >= 0.6 is 11.6 Å². The van der Waals surface area contributed by atoms with Gasteiger partial charge in [-0.05, 0) is 12.1 Å². The normalized spacial score (nSPS) is 18.6. The maximum Gasteiger partial charge on any atom is 0.166 e. The molecule has 3 nitrogen and oxygen atoms in total. The Morgan fingerprint density at radius 1 is 1.44 bits per heavy atom. The van der Waals surface area contributed by atoms with E-state index in [4.69, 9.17) is 11.6 Å². The Morgan fingerprint density at radius 3 is 2.72 bits per heavy atom. The van der Waals surface area contributed by atoms with Crippen LogP contribution in [0.4, 0.5) is 4.39 Å². The average Bonchev–Trinajstić information content (AvgIpc) is 2.37. The molecular weight excluding hydrogens is 255 g/mol. The number of nitrogens with zero attached hydrogens (tertiary/aromatic N) is 1. The predicted molar refractivity (Wildman–Crippen MR) is 70.5 cm³/mol. The van der Waals surface area contributed by atoms with E-state index in [2.05, 4.69) is 16.8 Å². The third-order valence-corrected chi connectivity index (χ3v) is 3.36. The Bertz CT molecular complexity index is 447. The number of piperazine rings is 1. The fraction of sp³-hybridized carbons (Fsp3) is 0.385. The number of benzene rings is 1. The maximum absolute atomic E-state index is 13.5. The minimum absolute atomic E-state index is 0.222. The zero-order valence-electron chi connectivity index (χ0n) is 10.00. The van der Waals surface area contributed by atoms with E-state index in [1.807, 2.05) is 0 Å². The summed E-state index contributed by atoms with van der Waals surface area (Å²) < 4.78 is 13.5. The molecule has 18 heavy (non-hydrogen) atoms. The fourth-order valence-electron chi connectivity index (χ4n) is 2.24. The fourth-order valence-corrected chi connectivity index (χ4v) is 2.46. The molecular formula is C13H16ClFN2O.